The molecule has 3 atom stereocenters. The van der Waals surface area contributed by atoms with Crippen molar-refractivity contribution in [3.63, 3.8) is 0 Å². The Morgan fingerprint density at radius 1 is 1.00 bits per heavy atom. The van der Waals surface area contributed by atoms with Gasteiger partial charge in [-0.3, -0.25) is 19.2 Å². The summed E-state index contributed by atoms with van der Waals surface area (Å²) in [5.41, 5.74) is 10.3. The minimum Gasteiger partial charge on any atom is -0.480 e. The van der Waals surface area contributed by atoms with Gasteiger partial charge in [-0.15, -0.1) is 0 Å². The lowest BCUT2D eigenvalue weighted by molar-refractivity contribution is -0.142. The highest BCUT2D eigenvalue weighted by molar-refractivity contribution is 5.95. The molecule has 0 rings (SSSR count). The maximum atomic E-state index is 12.1. The van der Waals surface area contributed by atoms with Gasteiger partial charge < -0.3 is 37.6 Å². The van der Waals surface area contributed by atoms with Gasteiger partial charge in [0.05, 0.1) is 19.6 Å². The number of carbonyl (C=O) groups is 5. The van der Waals surface area contributed by atoms with E-state index in [0.717, 1.165) is 0 Å². The molecule has 4 amide bonds. The van der Waals surface area contributed by atoms with Crippen molar-refractivity contribution in [1.82, 2.24) is 16.0 Å². The van der Waals surface area contributed by atoms with Gasteiger partial charge in [0, 0.05) is 0 Å². The number of nitrogens with one attached hydrogen (secondary N) is 3. The maximum Gasteiger partial charge on any atom is 0.326 e. The largest absolute Gasteiger partial charge is 0.480 e. The zero-order chi connectivity index (χ0) is 21.1. The third-order valence-electron chi connectivity index (χ3n) is 3.34. The average Bonchev–Trinajstić information content (AvgIpc) is 2.56. The lowest BCUT2D eigenvalue weighted by Crippen LogP contribution is -2.55. The van der Waals surface area contributed by atoms with Crippen molar-refractivity contribution in [3.05, 3.63) is 0 Å². The molecule has 12 heteroatoms. The number of rotatable bonds is 12. The lowest BCUT2D eigenvalue weighted by atomic mass is 10.0. The predicted molar refractivity (Wildman–Crippen MR) is 92.8 cm³/mol. The Bertz CT molecular complexity index is 567. The number of hydrogen-bond donors (Lipinski definition) is 7. The smallest absolute Gasteiger partial charge is 0.326 e. The van der Waals surface area contributed by atoms with Crippen LogP contribution in [0.15, 0.2) is 0 Å². The Kier molecular flexibility index (Phi) is 10.6. The third kappa shape index (κ3) is 10.1. The highest BCUT2D eigenvalue weighted by Crippen LogP contribution is 2.04. The van der Waals surface area contributed by atoms with Crippen molar-refractivity contribution < 1.29 is 34.2 Å². The van der Waals surface area contributed by atoms with Crippen LogP contribution in [0.3, 0.4) is 0 Å². The topological polar surface area (TPSA) is 214 Å². The fraction of sp³-hybridized carbons (Fsp3) is 0.667. The van der Waals surface area contributed by atoms with Crippen molar-refractivity contribution in [1.29, 1.82) is 0 Å². The Balaban J connectivity index is 4.78. The minimum absolute atomic E-state index is 0.0203. The van der Waals surface area contributed by atoms with Gasteiger partial charge in [-0.2, -0.15) is 0 Å². The van der Waals surface area contributed by atoms with Gasteiger partial charge in [0.15, 0.2) is 0 Å². The molecule has 27 heavy (non-hydrogen) atoms. The predicted octanol–water partition coefficient (Wildman–Crippen LogP) is -3.60. The summed E-state index contributed by atoms with van der Waals surface area (Å²) in [7, 11) is 0. The molecule has 0 bridgehead atoms. The molecule has 0 fully saturated rings. The molecule has 0 aliphatic carbocycles. The molecule has 154 valence electrons. The van der Waals surface area contributed by atoms with E-state index in [4.69, 9.17) is 21.7 Å². The van der Waals surface area contributed by atoms with Gasteiger partial charge >= 0.3 is 5.97 Å². The third-order valence-corrected chi connectivity index (χ3v) is 3.34. The molecular weight excluding hydrogens is 362 g/mol. The van der Waals surface area contributed by atoms with Crippen molar-refractivity contribution in [3.8, 4) is 0 Å². The number of primary amides is 1. The van der Waals surface area contributed by atoms with Crippen molar-refractivity contribution in [2.24, 2.45) is 17.4 Å². The monoisotopic (exact) mass is 389 g/mol. The van der Waals surface area contributed by atoms with Crippen LogP contribution in [-0.4, -0.2) is 71.1 Å². The molecule has 0 aromatic carbocycles. The van der Waals surface area contributed by atoms with Crippen LogP contribution in [0, 0.1) is 5.92 Å². The second kappa shape index (κ2) is 11.8. The summed E-state index contributed by atoms with van der Waals surface area (Å²) in [4.78, 5) is 57.8. The highest BCUT2D eigenvalue weighted by atomic mass is 16.4. The number of aliphatic hydroxyl groups excluding tert-OH is 1. The molecule has 0 heterocycles. The molecule has 3 unspecified atom stereocenters. The van der Waals surface area contributed by atoms with E-state index in [9.17, 15) is 24.0 Å². The van der Waals surface area contributed by atoms with Crippen LogP contribution in [0.2, 0.25) is 0 Å². The fourth-order valence-corrected chi connectivity index (χ4v) is 2.00. The standard InChI is InChI=1S/C15H27N5O7/c1-7(2)3-10(15(26)27)19-12(23)5-18-14(25)9(4-11(17)22)20-13(24)8(16)6-21/h7-10,21H,3-6,16H2,1-2H3,(H2,17,22)(H,18,25)(H,19,23)(H,20,24)(H,26,27). The molecular formula is C15H27N5O7. The Morgan fingerprint density at radius 2 is 1.59 bits per heavy atom. The van der Waals surface area contributed by atoms with Crippen LogP contribution < -0.4 is 27.4 Å². The number of aliphatic carboxylic acids is 1. The van der Waals surface area contributed by atoms with E-state index < -0.39 is 67.3 Å². The molecule has 0 aliphatic heterocycles. The first kappa shape index (κ1) is 24.3. The van der Waals surface area contributed by atoms with Crippen molar-refractivity contribution in [2.45, 2.75) is 44.8 Å². The van der Waals surface area contributed by atoms with Crippen LogP contribution >= 0.6 is 0 Å². The van der Waals surface area contributed by atoms with Crippen LogP contribution in [0.25, 0.3) is 0 Å². The van der Waals surface area contributed by atoms with E-state index in [1.165, 1.54) is 0 Å². The zero-order valence-electron chi connectivity index (χ0n) is 15.2. The molecule has 0 saturated carbocycles. The summed E-state index contributed by atoms with van der Waals surface area (Å²) in [6.07, 6.45) is -0.350. The van der Waals surface area contributed by atoms with Gasteiger partial charge in [-0.1, -0.05) is 13.8 Å². The lowest BCUT2D eigenvalue weighted by Gasteiger charge is -2.20. The summed E-state index contributed by atoms with van der Waals surface area (Å²) in [6, 6.07) is -3.81. The number of aliphatic hydroxyl groups is 1. The maximum absolute atomic E-state index is 12.1. The molecule has 0 saturated heterocycles. The normalized spacial score (nSPS) is 14.0. The highest BCUT2D eigenvalue weighted by Gasteiger charge is 2.26. The van der Waals surface area contributed by atoms with Crippen LogP contribution in [0.4, 0.5) is 0 Å². The second-order valence-corrected chi connectivity index (χ2v) is 6.33. The van der Waals surface area contributed by atoms with E-state index in [2.05, 4.69) is 16.0 Å². The van der Waals surface area contributed by atoms with Gasteiger partial charge in [0.25, 0.3) is 0 Å². The van der Waals surface area contributed by atoms with E-state index in [-0.39, 0.29) is 12.3 Å². The number of carboxylic acid groups (broad SMARTS) is 1. The van der Waals surface area contributed by atoms with E-state index in [0.29, 0.717) is 0 Å². The summed E-state index contributed by atoms with van der Waals surface area (Å²) in [6.45, 7) is 2.33. The first-order chi connectivity index (χ1) is 12.5. The molecule has 0 aromatic rings. The minimum atomic E-state index is -1.40. The first-order valence-corrected chi connectivity index (χ1v) is 8.22. The van der Waals surface area contributed by atoms with Gasteiger partial charge in [-0.25, -0.2) is 4.79 Å². The number of carboxylic acids is 1. The molecule has 0 radical (unpaired) electrons. The summed E-state index contributed by atoms with van der Waals surface area (Å²) in [5, 5.41) is 24.5. The van der Waals surface area contributed by atoms with E-state index >= 15 is 0 Å². The van der Waals surface area contributed by atoms with E-state index in [1.54, 1.807) is 13.8 Å². The summed E-state index contributed by atoms with van der Waals surface area (Å²) in [5.74, 6) is -4.61. The molecule has 0 aliphatic rings. The second-order valence-electron chi connectivity index (χ2n) is 6.33. The average molecular weight is 389 g/mol. The van der Waals surface area contributed by atoms with Gasteiger partial charge in [0.1, 0.15) is 18.1 Å². The van der Waals surface area contributed by atoms with Crippen LogP contribution in [-0.2, 0) is 24.0 Å². The van der Waals surface area contributed by atoms with Gasteiger partial charge in [0.2, 0.25) is 23.6 Å². The number of hydrogen-bond acceptors (Lipinski definition) is 7. The summed E-state index contributed by atoms with van der Waals surface area (Å²) < 4.78 is 0. The molecule has 0 spiro atoms. The van der Waals surface area contributed by atoms with E-state index in [1.807, 2.05) is 0 Å². The van der Waals surface area contributed by atoms with Crippen LogP contribution in [0.5, 0.6) is 0 Å². The number of carbonyl (C=O) groups excluding carboxylic acids is 4. The Hall–Kier alpha value is -2.73. The zero-order valence-corrected chi connectivity index (χ0v) is 15.2. The van der Waals surface area contributed by atoms with Gasteiger partial charge in [-0.05, 0) is 12.3 Å². The number of amides is 4. The molecule has 9 N–H and O–H groups in total. The van der Waals surface area contributed by atoms with Crippen molar-refractivity contribution in [2.75, 3.05) is 13.2 Å². The van der Waals surface area contributed by atoms with Crippen molar-refractivity contribution >= 4 is 29.6 Å². The molecule has 0 aromatic heterocycles. The number of nitrogens with two attached hydrogens (primary N) is 2. The Morgan fingerprint density at radius 3 is 2.04 bits per heavy atom. The Labute approximate surface area is 156 Å². The fourth-order valence-electron chi connectivity index (χ4n) is 2.00. The first-order valence-electron chi connectivity index (χ1n) is 8.22. The SMILES string of the molecule is CC(C)CC(NC(=O)CNC(=O)C(CC(N)=O)NC(=O)C(N)CO)C(=O)O. The summed E-state index contributed by atoms with van der Waals surface area (Å²) >= 11 is 0. The quantitative estimate of drug-likeness (QED) is 0.176. The van der Waals surface area contributed by atoms with Crippen LogP contribution in [0.1, 0.15) is 26.7 Å². The molecule has 12 nitrogen and oxygen atoms in total.